The number of nitriles is 1. The monoisotopic (exact) mass is 226 g/mol. The van der Waals surface area contributed by atoms with Gasteiger partial charge in [-0.3, -0.25) is 4.79 Å². The van der Waals surface area contributed by atoms with Crippen LogP contribution in [-0.2, 0) is 4.79 Å². The Hall–Kier alpha value is -2.26. The second-order valence-electron chi connectivity index (χ2n) is 3.42. The maximum absolute atomic E-state index is 11.6. The van der Waals surface area contributed by atoms with E-state index in [1.165, 1.54) is 0 Å². The van der Waals surface area contributed by atoms with Gasteiger partial charge in [-0.15, -0.1) is 0 Å². The van der Waals surface area contributed by atoms with Gasteiger partial charge in [0, 0.05) is 24.6 Å². The van der Waals surface area contributed by atoms with Gasteiger partial charge in [0.1, 0.15) is 0 Å². The number of benzene rings is 1. The Morgan fingerprint density at radius 3 is 2.18 bits per heavy atom. The van der Waals surface area contributed by atoms with Gasteiger partial charge in [0.15, 0.2) is 0 Å². The molecule has 17 heavy (non-hydrogen) atoms. The second-order valence-corrected chi connectivity index (χ2v) is 3.42. The van der Waals surface area contributed by atoms with Gasteiger partial charge in [-0.25, -0.2) is 0 Å². The molecule has 1 rings (SSSR count). The summed E-state index contributed by atoms with van der Waals surface area (Å²) in [6.07, 6.45) is 0. The first kappa shape index (κ1) is 12.8. The molecular formula is C14H14N2O. The molecule has 0 atom stereocenters. The molecule has 3 heteroatoms. The average molecular weight is 226 g/mol. The predicted molar refractivity (Wildman–Crippen MR) is 66.0 cm³/mol. The van der Waals surface area contributed by atoms with Gasteiger partial charge >= 0.3 is 0 Å². The minimum absolute atomic E-state index is 0.167. The van der Waals surface area contributed by atoms with Crippen molar-refractivity contribution in [1.82, 2.24) is 4.90 Å². The Bertz CT molecular complexity index is 482. The van der Waals surface area contributed by atoms with Crippen molar-refractivity contribution in [3.8, 4) is 17.9 Å². The highest BCUT2D eigenvalue weighted by Crippen LogP contribution is 2.01. The number of hydrogen-bond donors (Lipinski definition) is 0. The fourth-order valence-corrected chi connectivity index (χ4v) is 1.34. The lowest BCUT2D eigenvalue weighted by Crippen LogP contribution is -2.29. The zero-order valence-corrected chi connectivity index (χ0v) is 10.0. The molecule has 0 bridgehead atoms. The molecule has 86 valence electrons. The molecule has 0 aliphatic rings. The maximum Gasteiger partial charge on any atom is 0.298 e. The van der Waals surface area contributed by atoms with Crippen LogP contribution in [0.15, 0.2) is 24.3 Å². The topological polar surface area (TPSA) is 44.1 Å². The van der Waals surface area contributed by atoms with Gasteiger partial charge in [0.05, 0.1) is 11.6 Å². The van der Waals surface area contributed by atoms with Crippen LogP contribution < -0.4 is 0 Å². The lowest BCUT2D eigenvalue weighted by atomic mass is 10.1. The molecule has 0 unspecified atom stereocenters. The van der Waals surface area contributed by atoms with E-state index in [0.717, 1.165) is 5.56 Å². The molecule has 0 aromatic heterocycles. The Morgan fingerprint density at radius 2 is 1.71 bits per heavy atom. The molecule has 0 N–H and O–H groups in total. The molecule has 1 aromatic carbocycles. The quantitative estimate of drug-likeness (QED) is 0.721. The summed E-state index contributed by atoms with van der Waals surface area (Å²) < 4.78 is 0. The van der Waals surface area contributed by atoms with Crippen molar-refractivity contribution in [2.75, 3.05) is 13.1 Å². The predicted octanol–water partition coefficient (Wildman–Crippen LogP) is 1.78. The Morgan fingerprint density at radius 1 is 1.18 bits per heavy atom. The van der Waals surface area contributed by atoms with E-state index in [0.29, 0.717) is 18.7 Å². The molecule has 0 fully saturated rings. The molecule has 0 heterocycles. The van der Waals surface area contributed by atoms with E-state index in [4.69, 9.17) is 5.26 Å². The Balaban J connectivity index is 2.78. The van der Waals surface area contributed by atoms with Crippen molar-refractivity contribution in [3.05, 3.63) is 35.4 Å². The third-order valence-electron chi connectivity index (χ3n) is 2.38. The smallest absolute Gasteiger partial charge is 0.298 e. The maximum atomic E-state index is 11.6. The Kier molecular flexibility index (Phi) is 4.78. The van der Waals surface area contributed by atoms with Crippen molar-refractivity contribution < 1.29 is 4.79 Å². The molecule has 0 aliphatic carbocycles. The minimum atomic E-state index is -0.167. The van der Waals surface area contributed by atoms with Crippen LogP contribution in [0.1, 0.15) is 25.0 Å². The molecular weight excluding hydrogens is 212 g/mol. The van der Waals surface area contributed by atoms with E-state index >= 15 is 0 Å². The minimum Gasteiger partial charge on any atom is -0.332 e. The zero-order valence-electron chi connectivity index (χ0n) is 10.0. The first-order chi connectivity index (χ1) is 8.21. The lowest BCUT2D eigenvalue weighted by molar-refractivity contribution is -0.124. The van der Waals surface area contributed by atoms with Crippen molar-refractivity contribution in [2.24, 2.45) is 0 Å². The van der Waals surface area contributed by atoms with E-state index in [9.17, 15) is 4.79 Å². The second kappa shape index (κ2) is 6.35. The van der Waals surface area contributed by atoms with Crippen LogP contribution in [0.25, 0.3) is 0 Å². The summed E-state index contributed by atoms with van der Waals surface area (Å²) in [5.41, 5.74) is 1.33. The van der Waals surface area contributed by atoms with Crippen molar-refractivity contribution in [2.45, 2.75) is 13.8 Å². The molecule has 1 aromatic rings. The number of nitrogens with zero attached hydrogens (tertiary/aromatic N) is 2. The molecule has 3 nitrogen and oxygen atoms in total. The highest BCUT2D eigenvalue weighted by molar-refractivity contribution is 5.94. The molecule has 0 spiro atoms. The van der Waals surface area contributed by atoms with Gasteiger partial charge in [0.2, 0.25) is 0 Å². The Labute approximate surface area is 102 Å². The first-order valence-electron chi connectivity index (χ1n) is 5.52. The van der Waals surface area contributed by atoms with Crippen LogP contribution >= 0.6 is 0 Å². The van der Waals surface area contributed by atoms with Crippen LogP contribution in [0.4, 0.5) is 0 Å². The SMILES string of the molecule is CCN(CC)C(=O)C#Cc1ccc(C#N)cc1. The van der Waals surface area contributed by atoms with Gasteiger partial charge < -0.3 is 4.90 Å². The number of hydrogen-bond acceptors (Lipinski definition) is 2. The fourth-order valence-electron chi connectivity index (χ4n) is 1.34. The van der Waals surface area contributed by atoms with Crippen LogP contribution in [0, 0.1) is 23.2 Å². The normalized spacial score (nSPS) is 8.76. The van der Waals surface area contributed by atoms with Gasteiger partial charge in [-0.2, -0.15) is 5.26 Å². The summed E-state index contributed by atoms with van der Waals surface area (Å²) >= 11 is 0. The van der Waals surface area contributed by atoms with E-state index in [-0.39, 0.29) is 5.91 Å². The molecule has 0 saturated heterocycles. The highest BCUT2D eigenvalue weighted by Gasteiger charge is 2.04. The summed E-state index contributed by atoms with van der Waals surface area (Å²) in [4.78, 5) is 13.3. The highest BCUT2D eigenvalue weighted by atomic mass is 16.2. The zero-order chi connectivity index (χ0) is 12.7. The van der Waals surface area contributed by atoms with Crippen LogP contribution in [0.3, 0.4) is 0 Å². The van der Waals surface area contributed by atoms with Gasteiger partial charge in [-0.1, -0.05) is 5.92 Å². The van der Waals surface area contributed by atoms with Crippen molar-refractivity contribution in [3.63, 3.8) is 0 Å². The third-order valence-corrected chi connectivity index (χ3v) is 2.38. The van der Waals surface area contributed by atoms with Gasteiger partial charge in [-0.05, 0) is 38.1 Å². The number of carbonyl (C=O) groups is 1. The van der Waals surface area contributed by atoms with E-state index in [2.05, 4.69) is 11.8 Å². The summed E-state index contributed by atoms with van der Waals surface area (Å²) in [5, 5.41) is 8.64. The summed E-state index contributed by atoms with van der Waals surface area (Å²) in [7, 11) is 0. The van der Waals surface area contributed by atoms with Crippen LogP contribution in [0.5, 0.6) is 0 Å². The molecule has 1 amide bonds. The van der Waals surface area contributed by atoms with Gasteiger partial charge in [0.25, 0.3) is 5.91 Å². The number of rotatable bonds is 2. The third kappa shape index (κ3) is 3.66. The first-order valence-corrected chi connectivity index (χ1v) is 5.52. The van der Waals surface area contributed by atoms with Crippen LogP contribution in [0.2, 0.25) is 0 Å². The standard InChI is InChI=1S/C14H14N2O/c1-3-16(4-2)14(17)10-9-12-5-7-13(11-15)8-6-12/h5-8H,3-4H2,1-2H3. The van der Waals surface area contributed by atoms with Crippen molar-refractivity contribution in [1.29, 1.82) is 5.26 Å². The largest absolute Gasteiger partial charge is 0.332 e. The molecule has 0 saturated carbocycles. The molecule has 0 radical (unpaired) electrons. The van der Waals surface area contributed by atoms with E-state index in [1.807, 2.05) is 19.9 Å². The number of carbonyl (C=O) groups excluding carboxylic acids is 1. The summed E-state index contributed by atoms with van der Waals surface area (Å²) in [5.74, 6) is 5.22. The summed E-state index contributed by atoms with van der Waals surface area (Å²) in [6, 6.07) is 8.88. The van der Waals surface area contributed by atoms with E-state index < -0.39 is 0 Å². The fraction of sp³-hybridized carbons (Fsp3) is 0.286. The van der Waals surface area contributed by atoms with Crippen molar-refractivity contribution >= 4 is 5.91 Å². The van der Waals surface area contributed by atoms with E-state index in [1.54, 1.807) is 29.2 Å². The molecule has 0 aliphatic heterocycles. The number of amides is 1. The van der Waals surface area contributed by atoms with Crippen LogP contribution in [-0.4, -0.2) is 23.9 Å². The lowest BCUT2D eigenvalue weighted by Gasteiger charge is -2.14. The summed E-state index contributed by atoms with van der Waals surface area (Å²) in [6.45, 7) is 5.17. The average Bonchev–Trinajstić information content (AvgIpc) is 2.38.